The van der Waals surface area contributed by atoms with Crippen molar-refractivity contribution < 1.29 is 4.79 Å². The van der Waals surface area contributed by atoms with Crippen molar-refractivity contribution in [2.24, 2.45) is 4.99 Å². The standard InChI is InChI=1S/C25H30N6O.HI/c1-26-25(29(2)17-22-16-28-31(19-22)23-10-4-3-5-11-23)27-15-20-8-6-9-21(14-20)18-30-13-7-12-24(30)32;/h3-6,8-11,14,16,19H,7,12-13,15,17-18H2,1-2H3,(H,26,27);1H. The molecule has 0 spiro atoms. The van der Waals surface area contributed by atoms with E-state index in [1.54, 1.807) is 7.05 Å². The van der Waals surface area contributed by atoms with Gasteiger partial charge in [0.15, 0.2) is 5.96 Å². The zero-order valence-electron chi connectivity index (χ0n) is 19.1. The number of carbonyl (C=O) groups is 1. The van der Waals surface area contributed by atoms with Crippen LogP contribution in [0.1, 0.15) is 29.5 Å². The molecule has 1 fully saturated rings. The number of likely N-dealkylation sites (tertiary alicyclic amines) is 1. The number of aromatic nitrogens is 2. The van der Waals surface area contributed by atoms with Crippen LogP contribution in [-0.2, 0) is 24.4 Å². The summed E-state index contributed by atoms with van der Waals surface area (Å²) in [6.07, 6.45) is 5.57. The highest BCUT2D eigenvalue weighted by Crippen LogP contribution is 2.15. The van der Waals surface area contributed by atoms with Gasteiger partial charge in [-0.3, -0.25) is 9.79 Å². The molecule has 174 valence electrons. The van der Waals surface area contributed by atoms with E-state index in [4.69, 9.17) is 0 Å². The van der Waals surface area contributed by atoms with Crippen LogP contribution in [0.15, 0.2) is 72.0 Å². The monoisotopic (exact) mass is 558 g/mol. The topological polar surface area (TPSA) is 65.8 Å². The smallest absolute Gasteiger partial charge is 0.222 e. The number of nitrogens with one attached hydrogen (secondary N) is 1. The summed E-state index contributed by atoms with van der Waals surface area (Å²) in [4.78, 5) is 20.4. The Morgan fingerprint density at radius 3 is 2.64 bits per heavy atom. The number of halogens is 1. The van der Waals surface area contributed by atoms with Gasteiger partial charge in [-0.25, -0.2) is 4.68 Å². The Bertz CT molecular complexity index is 1080. The molecule has 0 radical (unpaired) electrons. The van der Waals surface area contributed by atoms with Gasteiger partial charge in [-0.1, -0.05) is 42.5 Å². The van der Waals surface area contributed by atoms with Crippen molar-refractivity contribution >= 4 is 35.8 Å². The number of carbonyl (C=O) groups excluding carboxylic acids is 1. The molecule has 0 aliphatic carbocycles. The Morgan fingerprint density at radius 2 is 1.91 bits per heavy atom. The van der Waals surface area contributed by atoms with Gasteiger partial charge < -0.3 is 15.1 Å². The summed E-state index contributed by atoms with van der Waals surface area (Å²) in [6, 6.07) is 18.5. The van der Waals surface area contributed by atoms with Crippen LogP contribution in [0.2, 0.25) is 0 Å². The molecule has 4 rings (SSSR count). The van der Waals surface area contributed by atoms with Gasteiger partial charge in [0.2, 0.25) is 5.91 Å². The van der Waals surface area contributed by atoms with Gasteiger partial charge in [0.25, 0.3) is 0 Å². The molecule has 1 aromatic heterocycles. The minimum Gasteiger partial charge on any atom is -0.352 e. The van der Waals surface area contributed by atoms with E-state index in [1.165, 1.54) is 5.56 Å². The third kappa shape index (κ3) is 6.56. The molecule has 2 heterocycles. The van der Waals surface area contributed by atoms with Crippen molar-refractivity contribution in [3.8, 4) is 5.69 Å². The molecule has 1 amide bonds. The van der Waals surface area contributed by atoms with E-state index in [0.29, 0.717) is 26.1 Å². The highest BCUT2D eigenvalue weighted by molar-refractivity contribution is 14.0. The number of guanidine groups is 1. The second kappa shape index (κ2) is 11.8. The van der Waals surface area contributed by atoms with E-state index in [0.717, 1.165) is 35.7 Å². The predicted octanol–water partition coefficient (Wildman–Crippen LogP) is 3.82. The molecule has 7 nitrogen and oxygen atoms in total. The van der Waals surface area contributed by atoms with Crippen LogP contribution in [0, 0.1) is 0 Å². The Hall–Kier alpha value is -2.88. The lowest BCUT2D eigenvalue weighted by molar-refractivity contribution is -0.128. The normalized spacial score (nSPS) is 13.7. The number of hydrogen-bond donors (Lipinski definition) is 1. The minimum absolute atomic E-state index is 0. The lowest BCUT2D eigenvalue weighted by Crippen LogP contribution is -2.38. The molecule has 0 unspecified atom stereocenters. The fourth-order valence-corrected chi connectivity index (χ4v) is 4.01. The van der Waals surface area contributed by atoms with E-state index < -0.39 is 0 Å². The molecule has 0 bridgehead atoms. The molecule has 2 aromatic carbocycles. The molecule has 1 saturated heterocycles. The van der Waals surface area contributed by atoms with E-state index in [9.17, 15) is 4.79 Å². The van der Waals surface area contributed by atoms with Crippen molar-refractivity contribution in [2.75, 3.05) is 20.6 Å². The maximum Gasteiger partial charge on any atom is 0.222 e. The first kappa shape index (κ1) is 24.8. The summed E-state index contributed by atoms with van der Waals surface area (Å²) in [6.45, 7) is 2.91. The van der Waals surface area contributed by atoms with Crippen molar-refractivity contribution in [3.63, 3.8) is 0 Å². The second-order valence-corrected chi connectivity index (χ2v) is 8.12. The maximum absolute atomic E-state index is 11.9. The summed E-state index contributed by atoms with van der Waals surface area (Å²) < 4.78 is 1.88. The number of amides is 1. The highest BCUT2D eigenvalue weighted by Gasteiger charge is 2.20. The number of para-hydroxylation sites is 1. The fourth-order valence-electron chi connectivity index (χ4n) is 4.01. The maximum atomic E-state index is 11.9. The fraction of sp³-hybridized carbons (Fsp3) is 0.320. The van der Waals surface area contributed by atoms with Crippen LogP contribution in [-0.4, -0.2) is 52.1 Å². The molecule has 0 atom stereocenters. The average molecular weight is 558 g/mol. The lowest BCUT2D eigenvalue weighted by Gasteiger charge is -2.22. The molecule has 1 N–H and O–H groups in total. The first-order chi connectivity index (χ1) is 15.6. The number of nitrogens with zero attached hydrogens (tertiary/aromatic N) is 5. The first-order valence-electron chi connectivity index (χ1n) is 11.0. The molecule has 33 heavy (non-hydrogen) atoms. The number of aliphatic imine (C=N–C) groups is 1. The lowest BCUT2D eigenvalue weighted by atomic mass is 10.1. The SMILES string of the molecule is CN=C(NCc1cccc(CN2CCCC2=O)c1)N(C)Cc1cnn(-c2ccccc2)c1.I. The number of benzene rings is 2. The van der Waals surface area contributed by atoms with Gasteiger partial charge in [0, 0.05) is 58.5 Å². The molecule has 1 aliphatic rings. The van der Waals surface area contributed by atoms with Gasteiger partial charge in [0.1, 0.15) is 0 Å². The zero-order valence-corrected chi connectivity index (χ0v) is 21.5. The van der Waals surface area contributed by atoms with Crippen LogP contribution in [0.3, 0.4) is 0 Å². The first-order valence-corrected chi connectivity index (χ1v) is 11.0. The van der Waals surface area contributed by atoms with Crippen LogP contribution < -0.4 is 5.32 Å². The van der Waals surface area contributed by atoms with Crippen LogP contribution in [0.5, 0.6) is 0 Å². The van der Waals surface area contributed by atoms with Crippen molar-refractivity contribution in [3.05, 3.63) is 83.7 Å². The summed E-state index contributed by atoms with van der Waals surface area (Å²) in [5, 5.41) is 7.92. The third-order valence-electron chi connectivity index (χ3n) is 5.64. The van der Waals surface area contributed by atoms with Gasteiger partial charge in [-0.15, -0.1) is 24.0 Å². The van der Waals surface area contributed by atoms with Crippen LogP contribution >= 0.6 is 24.0 Å². The summed E-state index contributed by atoms with van der Waals surface area (Å²) in [5.74, 6) is 1.07. The van der Waals surface area contributed by atoms with Crippen molar-refractivity contribution in [1.29, 1.82) is 0 Å². The quantitative estimate of drug-likeness (QED) is 0.272. The van der Waals surface area contributed by atoms with E-state index in [-0.39, 0.29) is 29.9 Å². The largest absolute Gasteiger partial charge is 0.352 e. The Labute approximate surface area is 212 Å². The van der Waals surface area contributed by atoms with E-state index in [2.05, 4.69) is 44.6 Å². The highest BCUT2D eigenvalue weighted by atomic mass is 127. The summed E-state index contributed by atoms with van der Waals surface area (Å²) in [7, 11) is 3.81. The molecule has 8 heteroatoms. The Kier molecular flexibility index (Phi) is 8.87. The van der Waals surface area contributed by atoms with Crippen molar-refractivity contribution in [1.82, 2.24) is 24.9 Å². The summed E-state index contributed by atoms with van der Waals surface area (Å²) in [5.41, 5.74) is 4.48. The van der Waals surface area contributed by atoms with Gasteiger partial charge in [-0.2, -0.15) is 5.10 Å². The molecular formula is C25H31IN6O. The van der Waals surface area contributed by atoms with Gasteiger partial charge in [-0.05, 0) is 29.7 Å². The molecule has 0 saturated carbocycles. The average Bonchev–Trinajstić information content (AvgIpc) is 3.44. The zero-order chi connectivity index (χ0) is 22.3. The van der Waals surface area contributed by atoms with E-state index in [1.807, 2.05) is 59.4 Å². The predicted molar refractivity (Wildman–Crippen MR) is 142 cm³/mol. The van der Waals surface area contributed by atoms with Gasteiger partial charge in [0.05, 0.1) is 11.9 Å². The molecule has 1 aliphatic heterocycles. The van der Waals surface area contributed by atoms with Gasteiger partial charge >= 0.3 is 0 Å². The Morgan fingerprint density at radius 1 is 1.12 bits per heavy atom. The number of hydrogen-bond acceptors (Lipinski definition) is 3. The minimum atomic E-state index is 0. The Balaban J connectivity index is 0.00000306. The van der Waals surface area contributed by atoms with E-state index >= 15 is 0 Å². The van der Waals surface area contributed by atoms with Crippen LogP contribution in [0.4, 0.5) is 0 Å². The third-order valence-corrected chi connectivity index (χ3v) is 5.64. The molecule has 3 aromatic rings. The number of rotatable bonds is 7. The summed E-state index contributed by atoms with van der Waals surface area (Å²) >= 11 is 0. The van der Waals surface area contributed by atoms with Crippen LogP contribution in [0.25, 0.3) is 5.69 Å². The second-order valence-electron chi connectivity index (χ2n) is 8.12. The molecular weight excluding hydrogens is 527 g/mol. The van der Waals surface area contributed by atoms with Crippen molar-refractivity contribution in [2.45, 2.75) is 32.5 Å².